The molecule has 4 nitrogen and oxygen atoms in total. The number of aromatic nitrogens is 2. The monoisotopic (exact) mass is 313 g/mol. The molecule has 0 aromatic carbocycles. The largest absolute Gasteiger partial charge is 0.341 e. The van der Waals surface area contributed by atoms with Gasteiger partial charge in [-0.2, -0.15) is 5.10 Å². The molecule has 0 N–H and O–H groups in total. The van der Waals surface area contributed by atoms with Crippen LogP contribution in [0.5, 0.6) is 0 Å². The van der Waals surface area contributed by atoms with Gasteiger partial charge in [0.25, 0.3) is 0 Å². The lowest BCUT2D eigenvalue weighted by Crippen LogP contribution is -2.37. The highest BCUT2D eigenvalue weighted by Crippen LogP contribution is 2.19. The average Bonchev–Trinajstić information content (AvgIpc) is 2.61. The summed E-state index contributed by atoms with van der Waals surface area (Å²) in [6, 6.07) is -0.215. The predicted octanol–water partition coefficient (Wildman–Crippen LogP) is 2.92. The van der Waals surface area contributed by atoms with Crippen LogP contribution in [0.4, 0.5) is 0 Å². The minimum absolute atomic E-state index is 0.187. The molecule has 0 aliphatic carbocycles. The topological polar surface area (TPSA) is 38.1 Å². The van der Waals surface area contributed by atoms with Crippen LogP contribution in [-0.4, -0.2) is 33.7 Å². The highest BCUT2D eigenvalue weighted by Gasteiger charge is 2.23. The van der Waals surface area contributed by atoms with E-state index < -0.39 is 0 Å². The number of halogens is 1. The van der Waals surface area contributed by atoms with Crippen molar-refractivity contribution in [2.24, 2.45) is 0 Å². The highest BCUT2D eigenvalue weighted by atomic mass is 79.9. The Bertz CT molecular complexity index is 402. The van der Waals surface area contributed by atoms with Crippen LogP contribution in [0.25, 0.3) is 0 Å². The first-order valence-electron chi connectivity index (χ1n) is 6.59. The number of aryl methyl sites for hydroxylation is 1. The van der Waals surface area contributed by atoms with Gasteiger partial charge in [-0.3, -0.25) is 9.48 Å². The second-order valence-electron chi connectivity index (χ2n) is 4.96. The van der Waals surface area contributed by atoms with Crippen LogP contribution in [-0.2, 0) is 4.79 Å². The first-order chi connectivity index (χ1) is 8.59. The first kappa shape index (κ1) is 13.6. The molecule has 1 amide bonds. The summed E-state index contributed by atoms with van der Waals surface area (Å²) in [6.07, 6.45) is 6.62. The Hall–Kier alpha value is -0.840. The van der Waals surface area contributed by atoms with Crippen molar-refractivity contribution < 1.29 is 4.79 Å². The van der Waals surface area contributed by atoms with Crippen LogP contribution in [0.2, 0.25) is 0 Å². The fourth-order valence-electron chi connectivity index (χ4n) is 2.33. The molecule has 1 fully saturated rings. The van der Waals surface area contributed by atoms with Crippen molar-refractivity contribution in [3.8, 4) is 0 Å². The number of carbonyl (C=O) groups excluding carboxylic acids is 1. The maximum atomic E-state index is 12.4. The summed E-state index contributed by atoms with van der Waals surface area (Å²) in [5.41, 5.74) is 0.922. The number of rotatable bonds is 2. The number of hydrogen-bond donors (Lipinski definition) is 0. The number of nitrogens with zero attached hydrogens (tertiary/aromatic N) is 3. The third kappa shape index (κ3) is 2.94. The smallest absolute Gasteiger partial charge is 0.247 e. The van der Waals surface area contributed by atoms with Crippen LogP contribution >= 0.6 is 15.9 Å². The normalized spacial score (nSPS) is 18.5. The summed E-state index contributed by atoms with van der Waals surface area (Å²) < 4.78 is 2.71. The fraction of sp³-hybridized carbons (Fsp3) is 0.692. The summed E-state index contributed by atoms with van der Waals surface area (Å²) in [4.78, 5) is 14.4. The van der Waals surface area contributed by atoms with Gasteiger partial charge in [0.1, 0.15) is 6.04 Å². The zero-order valence-electron chi connectivity index (χ0n) is 11.0. The van der Waals surface area contributed by atoms with Gasteiger partial charge in [0.2, 0.25) is 5.91 Å². The molecule has 0 spiro atoms. The van der Waals surface area contributed by atoms with Crippen LogP contribution < -0.4 is 0 Å². The minimum atomic E-state index is -0.215. The molecular weight excluding hydrogens is 294 g/mol. The summed E-state index contributed by atoms with van der Waals surface area (Å²) in [6.45, 7) is 5.64. The molecule has 1 atom stereocenters. The molecule has 2 heterocycles. The third-order valence-corrected chi connectivity index (χ3v) is 4.31. The lowest BCUT2D eigenvalue weighted by Gasteiger charge is -2.24. The van der Waals surface area contributed by atoms with E-state index in [0.717, 1.165) is 36.1 Å². The average molecular weight is 314 g/mol. The first-order valence-corrected chi connectivity index (χ1v) is 7.39. The zero-order chi connectivity index (χ0) is 13.1. The Morgan fingerprint density at radius 1 is 1.33 bits per heavy atom. The standard InChI is InChI=1S/C13H20BrN3O/c1-10-12(14)9-17(15-10)11(2)13(18)16-7-5-3-4-6-8-16/h9,11H,3-8H2,1-2H3. The Labute approximate surface area is 116 Å². The highest BCUT2D eigenvalue weighted by molar-refractivity contribution is 9.10. The Morgan fingerprint density at radius 3 is 2.44 bits per heavy atom. The molecular formula is C13H20BrN3O. The van der Waals surface area contributed by atoms with Gasteiger partial charge in [-0.25, -0.2) is 0 Å². The molecule has 1 aliphatic heterocycles. The van der Waals surface area contributed by atoms with E-state index in [2.05, 4.69) is 21.0 Å². The summed E-state index contributed by atoms with van der Waals surface area (Å²) in [5, 5.41) is 4.37. The van der Waals surface area contributed by atoms with Crippen molar-refractivity contribution >= 4 is 21.8 Å². The van der Waals surface area contributed by atoms with E-state index in [9.17, 15) is 4.79 Å². The SMILES string of the molecule is Cc1nn(C(C)C(=O)N2CCCCCC2)cc1Br. The van der Waals surface area contributed by atoms with E-state index in [1.54, 1.807) is 4.68 Å². The molecule has 1 aromatic heterocycles. The van der Waals surface area contributed by atoms with Gasteiger partial charge in [-0.05, 0) is 42.6 Å². The van der Waals surface area contributed by atoms with E-state index in [1.165, 1.54) is 12.8 Å². The summed E-state index contributed by atoms with van der Waals surface area (Å²) >= 11 is 3.43. The van der Waals surface area contributed by atoms with Crippen LogP contribution in [0.15, 0.2) is 10.7 Å². The number of likely N-dealkylation sites (tertiary alicyclic amines) is 1. The van der Waals surface area contributed by atoms with E-state index >= 15 is 0 Å². The molecule has 0 radical (unpaired) electrons. The molecule has 0 saturated carbocycles. The van der Waals surface area contributed by atoms with Crippen molar-refractivity contribution in [1.29, 1.82) is 0 Å². The molecule has 1 aliphatic rings. The number of carbonyl (C=O) groups is 1. The Morgan fingerprint density at radius 2 is 1.94 bits per heavy atom. The van der Waals surface area contributed by atoms with Gasteiger partial charge >= 0.3 is 0 Å². The molecule has 18 heavy (non-hydrogen) atoms. The van der Waals surface area contributed by atoms with E-state index in [-0.39, 0.29) is 11.9 Å². The van der Waals surface area contributed by atoms with Crippen molar-refractivity contribution in [2.45, 2.75) is 45.6 Å². The van der Waals surface area contributed by atoms with Crippen LogP contribution in [0.1, 0.15) is 44.3 Å². The van der Waals surface area contributed by atoms with Crippen molar-refractivity contribution in [3.63, 3.8) is 0 Å². The molecule has 1 unspecified atom stereocenters. The van der Waals surface area contributed by atoms with Gasteiger partial charge in [0.15, 0.2) is 0 Å². The maximum absolute atomic E-state index is 12.4. The predicted molar refractivity (Wildman–Crippen MR) is 74.4 cm³/mol. The number of amides is 1. The Balaban J connectivity index is 2.07. The van der Waals surface area contributed by atoms with Crippen molar-refractivity contribution in [3.05, 3.63) is 16.4 Å². The second-order valence-corrected chi connectivity index (χ2v) is 5.81. The van der Waals surface area contributed by atoms with Crippen molar-refractivity contribution in [1.82, 2.24) is 14.7 Å². The second kappa shape index (κ2) is 5.87. The van der Waals surface area contributed by atoms with Crippen LogP contribution in [0.3, 0.4) is 0 Å². The quantitative estimate of drug-likeness (QED) is 0.842. The number of hydrogen-bond acceptors (Lipinski definition) is 2. The minimum Gasteiger partial charge on any atom is -0.341 e. The van der Waals surface area contributed by atoms with Gasteiger partial charge < -0.3 is 4.90 Å². The molecule has 5 heteroatoms. The van der Waals surface area contributed by atoms with E-state index in [1.807, 2.05) is 24.9 Å². The Kier molecular flexibility index (Phi) is 4.43. The lowest BCUT2D eigenvalue weighted by molar-refractivity contribution is -0.134. The molecule has 2 rings (SSSR count). The molecule has 1 saturated heterocycles. The summed E-state index contributed by atoms with van der Waals surface area (Å²) in [7, 11) is 0. The van der Waals surface area contributed by atoms with E-state index in [4.69, 9.17) is 0 Å². The fourth-order valence-corrected chi connectivity index (χ4v) is 2.62. The third-order valence-electron chi connectivity index (χ3n) is 3.53. The molecule has 0 bridgehead atoms. The molecule has 1 aromatic rings. The summed E-state index contributed by atoms with van der Waals surface area (Å²) in [5.74, 6) is 0.187. The zero-order valence-corrected chi connectivity index (χ0v) is 12.6. The van der Waals surface area contributed by atoms with Gasteiger partial charge in [0, 0.05) is 19.3 Å². The van der Waals surface area contributed by atoms with Crippen LogP contribution in [0, 0.1) is 6.92 Å². The lowest BCUT2D eigenvalue weighted by atomic mass is 10.2. The van der Waals surface area contributed by atoms with E-state index in [0.29, 0.717) is 0 Å². The maximum Gasteiger partial charge on any atom is 0.247 e. The van der Waals surface area contributed by atoms with Gasteiger partial charge in [0.05, 0.1) is 10.2 Å². The van der Waals surface area contributed by atoms with Gasteiger partial charge in [-0.15, -0.1) is 0 Å². The van der Waals surface area contributed by atoms with Crippen molar-refractivity contribution in [2.75, 3.05) is 13.1 Å². The molecule has 100 valence electrons. The van der Waals surface area contributed by atoms with Gasteiger partial charge in [-0.1, -0.05) is 12.8 Å².